The van der Waals surface area contributed by atoms with Crippen molar-refractivity contribution in [3.05, 3.63) is 29.8 Å². The number of rotatable bonds is 5. The number of carbonyl (C=O) groups is 2. The molecule has 0 spiro atoms. The highest BCUT2D eigenvalue weighted by Gasteiger charge is 2.26. The number of aliphatic imine (C=N–C) groups is 1. The van der Waals surface area contributed by atoms with Crippen molar-refractivity contribution in [2.75, 3.05) is 6.26 Å². The fourth-order valence-corrected chi connectivity index (χ4v) is 1.78. The largest absolute Gasteiger partial charge is 0.297 e. The van der Waals surface area contributed by atoms with E-state index in [0.717, 1.165) is 11.1 Å². The van der Waals surface area contributed by atoms with E-state index in [-0.39, 0.29) is 5.78 Å². The van der Waals surface area contributed by atoms with Crippen LogP contribution in [0.25, 0.3) is 0 Å². The Hall–Kier alpha value is -1.42. The molecule has 0 aliphatic rings. The van der Waals surface area contributed by atoms with E-state index in [1.54, 1.807) is 37.7 Å². The summed E-state index contributed by atoms with van der Waals surface area (Å²) >= 11 is 1.62. The van der Waals surface area contributed by atoms with Gasteiger partial charge in [-0.05, 0) is 32.2 Å². The minimum atomic E-state index is -0.901. The zero-order valence-corrected chi connectivity index (χ0v) is 11.0. The van der Waals surface area contributed by atoms with Crippen molar-refractivity contribution in [2.24, 2.45) is 4.99 Å². The van der Waals surface area contributed by atoms with E-state index in [4.69, 9.17) is 0 Å². The summed E-state index contributed by atoms with van der Waals surface area (Å²) < 4.78 is 0. The number of aldehydes is 1. The fraction of sp³-hybridized carbons (Fsp3) is 0.308. The normalized spacial score (nSPS) is 11.7. The summed E-state index contributed by atoms with van der Waals surface area (Å²) in [5.41, 5.74) is -0.294. The summed E-state index contributed by atoms with van der Waals surface area (Å²) in [5.74, 6) is -0.0942. The summed E-state index contributed by atoms with van der Waals surface area (Å²) in [6.07, 6.45) is 3.68. The van der Waals surface area contributed by atoms with Crippen LogP contribution in [0, 0.1) is 0 Å². The second-order valence-corrected chi connectivity index (χ2v) is 4.91. The van der Waals surface area contributed by atoms with Crippen LogP contribution in [0.3, 0.4) is 0 Å². The lowest BCUT2D eigenvalue weighted by atomic mass is 9.94. The molecule has 0 heterocycles. The molecular formula is C13H15NO2S. The van der Waals surface area contributed by atoms with Gasteiger partial charge in [-0.3, -0.25) is 14.6 Å². The standard InChI is InChI=1S/C13H15NO2S/c1-13(2,14-8-9-15)12(16)10-4-6-11(17-3)7-5-10/h4-9H,1-3H3/b14-8+. The number of Topliss-reactive ketones (excluding diaryl/α,β-unsaturated/α-hetero) is 1. The predicted octanol–water partition coefficient (Wildman–Crippen LogP) is 2.64. The summed E-state index contributed by atoms with van der Waals surface area (Å²) in [5, 5.41) is 0. The van der Waals surface area contributed by atoms with E-state index in [1.807, 2.05) is 18.4 Å². The van der Waals surface area contributed by atoms with Gasteiger partial charge in [-0.25, -0.2) is 0 Å². The number of carbonyl (C=O) groups excluding carboxylic acids is 2. The molecule has 1 aromatic carbocycles. The molecule has 0 fully saturated rings. The van der Waals surface area contributed by atoms with E-state index in [0.29, 0.717) is 11.8 Å². The average Bonchev–Trinajstić information content (AvgIpc) is 2.35. The number of benzene rings is 1. The molecule has 3 nitrogen and oxygen atoms in total. The van der Waals surface area contributed by atoms with Crippen LogP contribution >= 0.6 is 11.8 Å². The number of hydrogen-bond donors (Lipinski definition) is 0. The lowest BCUT2D eigenvalue weighted by Gasteiger charge is -2.17. The van der Waals surface area contributed by atoms with Gasteiger partial charge in [0, 0.05) is 10.5 Å². The fourth-order valence-electron chi connectivity index (χ4n) is 1.37. The smallest absolute Gasteiger partial charge is 0.189 e. The molecule has 0 aromatic heterocycles. The lowest BCUT2D eigenvalue weighted by molar-refractivity contribution is -0.102. The summed E-state index contributed by atoms with van der Waals surface area (Å²) in [6.45, 7) is 3.38. The first-order valence-electron chi connectivity index (χ1n) is 5.19. The number of ketones is 1. The Kier molecular flexibility index (Phi) is 4.63. The molecule has 0 N–H and O–H groups in total. The van der Waals surface area contributed by atoms with Gasteiger partial charge in [0.2, 0.25) is 0 Å². The molecule has 4 heteroatoms. The van der Waals surface area contributed by atoms with Gasteiger partial charge in [0.05, 0.1) is 6.21 Å². The van der Waals surface area contributed by atoms with Gasteiger partial charge < -0.3 is 0 Å². The first-order valence-corrected chi connectivity index (χ1v) is 6.41. The molecule has 1 aromatic rings. The highest BCUT2D eigenvalue weighted by molar-refractivity contribution is 7.98. The zero-order chi connectivity index (χ0) is 12.9. The van der Waals surface area contributed by atoms with E-state index in [9.17, 15) is 9.59 Å². The van der Waals surface area contributed by atoms with Crippen molar-refractivity contribution < 1.29 is 9.59 Å². The van der Waals surface area contributed by atoms with Crippen molar-refractivity contribution in [2.45, 2.75) is 24.3 Å². The molecule has 0 unspecified atom stereocenters. The van der Waals surface area contributed by atoms with E-state index >= 15 is 0 Å². The first-order chi connectivity index (χ1) is 8.01. The average molecular weight is 249 g/mol. The summed E-state index contributed by atoms with van der Waals surface area (Å²) in [6, 6.07) is 7.37. The molecule has 90 valence electrons. The second kappa shape index (κ2) is 5.77. The van der Waals surface area contributed by atoms with Gasteiger partial charge in [-0.1, -0.05) is 12.1 Å². The SMILES string of the molecule is CSc1ccc(C(=O)C(C)(C)/N=C/C=O)cc1. The van der Waals surface area contributed by atoms with Gasteiger partial charge in [-0.2, -0.15) is 0 Å². The van der Waals surface area contributed by atoms with Gasteiger partial charge in [0.15, 0.2) is 12.1 Å². The van der Waals surface area contributed by atoms with Crippen LogP contribution in [0.2, 0.25) is 0 Å². The molecule has 0 saturated carbocycles. The predicted molar refractivity (Wildman–Crippen MR) is 71.2 cm³/mol. The Balaban J connectivity index is 2.95. The molecule has 0 saturated heterocycles. The second-order valence-electron chi connectivity index (χ2n) is 4.03. The third kappa shape index (κ3) is 3.53. The molecule has 0 radical (unpaired) electrons. The Labute approximate surface area is 105 Å². The van der Waals surface area contributed by atoms with Crippen LogP contribution in [-0.4, -0.2) is 30.1 Å². The van der Waals surface area contributed by atoms with Crippen LogP contribution in [0.15, 0.2) is 34.2 Å². The third-order valence-electron chi connectivity index (χ3n) is 2.37. The number of nitrogens with zero attached hydrogens (tertiary/aromatic N) is 1. The van der Waals surface area contributed by atoms with Gasteiger partial charge >= 0.3 is 0 Å². The Morgan fingerprint density at radius 2 is 1.88 bits per heavy atom. The Morgan fingerprint density at radius 1 is 1.29 bits per heavy atom. The monoisotopic (exact) mass is 249 g/mol. The van der Waals surface area contributed by atoms with Crippen LogP contribution in [0.4, 0.5) is 0 Å². The van der Waals surface area contributed by atoms with Crippen LogP contribution < -0.4 is 0 Å². The van der Waals surface area contributed by atoms with E-state index in [2.05, 4.69) is 4.99 Å². The topological polar surface area (TPSA) is 46.5 Å². The van der Waals surface area contributed by atoms with Crippen LogP contribution in [0.5, 0.6) is 0 Å². The van der Waals surface area contributed by atoms with Crippen LogP contribution in [0.1, 0.15) is 24.2 Å². The maximum atomic E-state index is 12.1. The molecule has 1 rings (SSSR count). The minimum Gasteiger partial charge on any atom is -0.297 e. The Bertz CT molecular complexity index is 435. The zero-order valence-electron chi connectivity index (χ0n) is 10.1. The third-order valence-corrected chi connectivity index (χ3v) is 3.11. The maximum absolute atomic E-state index is 12.1. The summed E-state index contributed by atoms with van der Waals surface area (Å²) in [7, 11) is 0. The quantitative estimate of drug-likeness (QED) is 0.349. The molecule has 0 amide bonds. The van der Waals surface area contributed by atoms with Crippen molar-refractivity contribution in [1.82, 2.24) is 0 Å². The number of hydrogen-bond acceptors (Lipinski definition) is 4. The molecule has 0 bridgehead atoms. The van der Waals surface area contributed by atoms with Gasteiger partial charge in [0.1, 0.15) is 5.54 Å². The Morgan fingerprint density at radius 3 is 2.35 bits per heavy atom. The molecular weight excluding hydrogens is 234 g/mol. The van der Waals surface area contributed by atoms with E-state index in [1.165, 1.54) is 0 Å². The van der Waals surface area contributed by atoms with Crippen molar-refractivity contribution in [1.29, 1.82) is 0 Å². The van der Waals surface area contributed by atoms with Crippen molar-refractivity contribution in [3.63, 3.8) is 0 Å². The molecule has 0 atom stereocenters. The minimum absolute atomic E-state index is 0.0942. The molecule has 17 heavy (non-hydrogen) atoms. The molecule has 0 aliphatic heterocycles. The van der Waals surface area contributed by atoms with Gasteiger partial charge in [-0.15, -0.1) is 11.8 Å². The van der Waals surface area contributed by atoms with Crippen molar-refractivity contribution in [3.8, 4) is 0 Å². The highest BCUT2D eigenvalue weighted by atomic mass is 32.2. The van der Waals surface area contributed by atoms with Gasteiger partial charge in [0.25, 0.3) is 0 Å². The molecule has 0 aliphatic carbocycles. The highest BCUT2D eigenvalue weighted by Crippen LogP contribution is 2.20. The number of thioether (sulfide) groups is 1. The van der Waals surface area contributed by atoms with Crippen molar-refractivity contribution >= 4 is 30.0 Å². The first kappa shape index (κ1) is 13.6. The lowest BCUT2D eigenvalue weighted by Crippen LogP contribution is -2.29. The summed E-state index contributed by atoms with van der Waals surface area (Å²) in [4.78, 5) is 27.4. The van der Waals surface area contributed by atoms with Crippen LogP contribution in [-0.2, 0) is 4.79 Å². The van der Waals surface area contributed by atoms with E-state index < -0.39 is 5.54 Å². The maximum Gasteiger partial charge on any atom is 0.189 e.